The van der Waals surface area contributed by atoms with Gasteiger partial charge in [-0.05, 0) is 62.3 Å². The fourth-order valence-corrected chi connectivity index (χ4v) is 3.25. The van der Waals surface area contributed by atoms with Crippen LogP contribution in [0.3, 0.4) is 0 Å². The summed E-state index contributed by atoms with van der Waals surface area (Å²) in [6, 6.07) is 6.21. The van der Waals surface area contributed by atoms with Gasteiger partial charge >= 0.3 is 0 Å². The Balaban J connectivity index is 1.96. The molecule has 3 rings (SSSR count). The van der Waals surface area contributed by atoms with E-state index in [4.69, 9.17) is 0 Å². The predicted molar refractivity (Wildman–Crippen MR) is 90.8 cm³/mol. The summed E-state index contributed by atoms with van der Waals surface area (Å²) in [7, 11) is 0. The van der Waals surface area contributed by atoms with Crippen LogP contribution in [0.25, 0.3) is 10.9 Å². The van der Waals surface area contributed by atoms with Crippen LogP contribution in [0.4, 0.5) is 5.69 Å². The summed E-state index contributed by atoms with van der Waals surface area (Å²) in [5, 5.41) is 14.0. The molecular weight excluding hydrogens is 328 g/mol. The quantitative estimate of drug-likeness (QED) is 0.851. The van der Waals surface area contributed by atoms with E-state index in [9.17, 15) is 5.11 Å². The molecule has 0 amide bonds. The average molecular weight is 349 g/mol. The largest absolute Gasteiger partial charge is 0.396 e. The molecule has 0 bridgehead atoms. The molecular formula is C17H21BrN2O. The van der Waals surface area contributed by atoms with E-state index in [2.05, 4.69) is 52.2 Å². The summed E-state index contributed by atoms with van der Waals surface area (Å²) in [6.07, 6.45) is 3.32. The molecule has 1 heterocycles. The first-order chi connectivity index (χ1) is 10.0. The molecule has 0 unspecified atom stereocenters. The van der Waals surface area contributed by atoms with E-state index in [-0.39, 0.29) is 6.61 Å². The standard InChI is InChI=1S/C17H21BrN2O/c1-11-12(2)20-15-4-3-13(18)9-14(15)16(11)19-10-17(5-6-17)7-8-21/h3-4,9,21H,5-8,10H2,1-2H3,(H,19,20). The zero-order chi connectivity index (χ0) is 15.0. The lowest BCUT2D eigenvalue weighted by molar-refractivity contribution is 0.253. The van der Waals surface area contributed by atoms with Crippen LogP contribution < -0.4 is 5.32 Å². The molecule has 1 saturated carbocycles. The van der Waals surface area contributed by atoms with E-state index in [1.54, 1.807) is 0 Å². The Kier molecular flexibility index (Phi) is 3.93. The minimum atomic E-state index is 0.280. The van der Waals surface area contributed by atoms with Crippen molar-refractivity contribution in [1.82, 2.24) is 4.98 Å². The fourth-order valence-electron chi connectivity index (χ4n) is 2.89. The number of hydrogen-bond donors (Lipinski definition) is 2. The second-order valence-electron chi connectivity index (χ2n) is 6.19. The van der Waals surface area contributed by atoms with Crippen molar-refractivity contribution in [2.45, 2.75) is 33.1 Å². The molecule has 1 fully saturated rings. The van der Waals surface area contributed by atoms with Crippen LogP contribution in [0, 0.1) is 19.3 Å². The van der Waals surface area contributed by atoms with Crippen molar-refractivity contribution in [3.8, 4) is 0 Å². The Morgan fingerprint density at radius 1 is 1.33 bits per heavy atom. The number of fused-ring (bicyclic) bond motifs is 1. The highest BCUT2D eigenvalue weighted by Gasteiger charge is 2.41. The zero-order valence-electron chi connectivity index (χ0n) is 12.5. The Bertz CT molecular complexity index is 680. The molecule has 0 saturated heterocycles. The molecule has 0 aliphatic heterocycles. The first-order valence-corrected chi connectivity index (χ1v) is 8.25. The average Bonchev–Trinajstić information content (AvgIpc) is 3.21. The number of benzene rings is 1. The van der Waals surface area contributed by atoms with Crippen LogP contribution in [0.15, 0.2) is 22.7 Å². The predicted octanol–water partition coefficient (Wildman–Crippen LogP) is 4.19. The van der Waals surface area contributed by atoms with E-state index >= 15 is 0 Å². The molecule has 1 aromatic carbocycles. The van der Waals surface area contributed by atoms with Gasteiger partial charge in [-0.15, -0.1) is 0 Å². The van der Waals surface area contributed by atoms with E-state index in [0.29, 0.717) is 5.41 Å². The molecule has 0 radical (unpaired) electrons. The molecule has 1 aliphatic rings. The molecule has 112 valence electrons. The Morgan fingerprint density at radius 3 is 2.76 bits per heavy atom. The number of aliphatic hydroxyl groups excluding tert-OH is 1. The number of aliphatic hydroxyl groups is 1. The number of nitrogens with zero attached hydrogens (tertiary/aromatic N) is 1. The van der Waals surface area contributed by atoms with E-state index < -0.39 is 0 Å². The summed E-state index contributed by atoms with van der Waals surface area (Å²) in [5.41, 5.74) is 4.79. The van der Waals surface area contributed by atoms with Gasteiger partial charge in [0, 0.05) is 34.4 Å². The van der Waals surface area contributed by atoms with Crippen LogP contribution in [0.5, 0.6) is 0 Å². The number of anilines is 1. The highest BCUT2D eigenvalue weighted by molar-refractivity contribution is 9.10. The highest BCUT2D eigenvalue weighted by atomic mass is 79.9. The van der Waals surface area contributed by atoms with Gasteiger partial charge in [-0.3, -0.25) is 4.98 Å². The third kappa shape index (κ3) is 2.92. The van der Waals surface area contributed by atoms with E-state index in [0.717, 1.165) is 34.0 Å². The molecule has 2 aromatic rings. The maximum absolute atomic E-state index is 9.20. The van der Waals surface area contributed by atoms with Gasteiger partial charge < -0.3 is 10.4 Å². The topological polar surface area (TPSA) is 45.2 Å². The Morgan fingerprint density at radius 2 is 2.10 bits per heavy atom. The van der Waals surface area contributed by atoms with Crippen molar-refractivity contribution < 1.29 is 5.11 Å². The van der Waals surface area contributed by atoms with Gasteiger partial charge in [-0.2, -0.15) is 0 Å². The number of rotatable bonds is 5. The summed E-state index contributed by atoms with van der Waals surface area (Å²) in [4.78, 5) is 4.67. The number of halogens is 1. The lowest BCUT2D eigenvalue weighted by atomic mass is 10.0. The molecule has 21 heavy (non-hydrogen) atoms. The Hall–Kier alpha value is -1.13. The summed E-state index contributed by atoms with van der Waals surface area (Å²) in [5.74, 6) is 0. The van der Waals surface area contributed by atoms with Crippen molar-refractivity contribution in [2.24, 2.45) is 5.41 Å². The lowest BCUT2D eigenvalue weighted by Gasteiger charge is -2.19. The van der Waals surface area contributed by atoms with Crippen LogP contribution in [0.1, 0.15) is 30.5 Å². The van der Waals surface area contributed by atoms with Gasteiger partial charge in [0.05, 0.1) is 5.52 Å². The third-order valence-corrected chi connectivity index (χ3v) is 5.17. The lowest BCUT2D eigenvalue weighted by Crippen LogP contribution is -2.18. The summed E-state index contributed by atoms with van der Waals surface area (Å²) < 4.78 is 1.07. The van der Waals surface area contributed by atoms with Gasteiger partial charge in [-0.25, -0.2) is 0 Å². The van der Waals surface area contributed by atoms with Gasteiger partial charge in [-0.1, -0.05) is 15.9 Å². The number of aromatic nitrogens is 1. The number of nitrogens with one attached hydrogen (secondary N) is 1. The van der Waals surface area contributed by atoms with E-state index in [1.165, 1.54) is 24.1 Å². The fraction of sp³-hybridized carbons (Fsp3) is 0.471. The first-order valence-electron chi connectivity index (χ1n) is 7.46. The van der Waals surface area contributed by atoms with Crippen LogP contribution in [-0.2, 0) is 0 Å². The monoisotopic (exact) mass is 348 g/mol. The van der Waals surface area contributed by atoms with Gasteiger partial charge in [0.1, 0.15) is 0 Å². The maximum Gasteiger partial charge on any atom is 0.0726 e. The summed E-state index contributed by atoms with van der Waals surface area (Å²) >= 11 is 3.55. The SMILES string of the molecule is Cc1nc2ccc(Br)cc2c(NCC2(CCO)CC2)c1C. The first kappa shape index (κ1) is 14.8. The minimum absolute atomic E-state index is 0.280. The molecule has 1 aromatic heterocycles. The van der Waals surface area contributed by atoms with Crippen molar-refractivity contribution in [3.63, 3.8) is 0 Å². The summed E-state index contributed by atoms with van der Waals surface area (Å²) in [6.45, 7) is 5.39. The van der Waals surface area contributed by atoms with Crippen molar-refractivity contribution in [3.05, 3.63) is 33.9 Å². The smallest absolute Gasteiger partial charge is 0.0726 e. The normalized spacial score (nSPS) is 16.2. The van der Waals surface area contributed by atoms with Crippen LogP contribution in [0.2, 0.25) is 0 Å². The second kappa shape index (κ2) is 5.58. The highest BCUT2D eigenvalue weighted by Crippen LogP contribution is 2.48. The Labute approximate surface area is 133 Å². The number of hydrogen-bond acceptors (Lipinski definition) is 3. The number of pyridine rings is 1. The number of aryl methyl sites for hydroxylation is 1. The zero-order valence-corrected chi connectivity index (χ0v) is 14.1. The molecule has 4 heteroatoms. The minimum Gasteiger partial charge on any atom is -0.396 e. The van der Waals surface area contributed by atoms with Crippen LogP contribution >= 0.6 is 15.9 Å². The maximum atomic E-state index is 9.20. The van der Waals surface area contributed by atoms with Gasteiger partial charge in [0.15, 0.2) is 0 Å². The molecule has 0 spiro atoms. The molecule has 1 aliphatic carbocycles. The van der Waals surface area contributed by atoms with Crippen LogP contribution in [-0.4, -0.2) is 23.2 Å². The van der Waals surface area contributed by atoms with Crippen molar-refractivity contribution in [1.29, 1.82) is 0 Å². The molecule has 3 nitrogen and oxygen atoms in total. The second-order valence-corrected chi connectivity index (χ2v) is 7.10. The molecule has 2 N–H and O–H groups in total. The van der Waals surface area contributed by atoms with Crippen molar-refractivity contribution in [2.75, 3.05) is 18.5 Å². The van der Waals surface area contributed by atoms with Gasteiger partial charge in [0.2, 0.25) is 0 Å². The van der Waals surface area contributed by atoms with E-state index in [1.807, 2.05) is 6.07 Å². The van der Waals surface area contributed by atoms with Crippen molar-refractivity contribution >= 4 is 32.5 Å². The third-order valence-electron chi connectivity index (χ3n) is 4.67. The molecule has 0 atom stereocenters. The van der Waals surface area contributed by atoms with Gasteiger partial charge in [0.25, 0.3) is 0 Å².